The van der Waals surface area contributed by atoms with Crippen LogP contribution in [0, 0.1) is 5.82 Å². The second-order valence-electron chi connectivity index (χ2n) is 6.56. The van der Waals surface area contributed by atoms with Crippen LogP contribution in [-0.4, -0.2) is 17.2 Å². The van der Waals surface area contributed by atoms with Crippen molar-refractivity contribution < 1.29 is 19.0 Å². The highest BCUT2D eigenvalue weighted by Crippen LogP contribution is 2.37. The summed E-state index contributed by atoms with van der Waals surface area (Å²) in [7, 11) is 1.56. The van der Waals surface area contributed by atoms with Crippen LogP contribution in [0.15, 0.2) is 71.3 Å². The monoisotopic (exact) mass is 504 g/mol. The number of methoxy groups -OCH3 is 1. The smallest absolute Gasteiger partial charge is 0.163 e. The van der Waals surface area contributed by atoms with E-state index < -0.39 is 5.82 Å². The molecule has 1 aromatic heterocycles. The molecule has 0 amide bonds. The molecule has 8 heteroatoms. The summed E-state index contributed by atoms with van der Waals surface area (Å²) in [6.07, 6.45) is 1.62. The number of halogens is 3. The summed E-state index contributed by atoms with van der Waals surface area (Å²) in [6, 6.07) is 17.7. The quantitative estimate of drug-likeness (QED) is 0.309. The molecule has 5 nitrogen and oxygen atoms in total. The number of benzene rings is 3. The third-order valence-corrected chi connectivity index (χ3v) is 5.21. The molecule has 31 heavy (non-hydrogen) atoms. The molecule has 0 aliphatic carbocycles. The molecule has 3 aromatic carbocycles. The Balaban J connectivity index is 0.00000272. The number of hydrogen-bond acceptors (Lipinski definition) is 5. The van der Waals surface area contributed by atoms with E-state index >= 15 is 0 Å². The lowest BCUT2D eigenvalue weighted by Gasteiger charge is -2.15. The highest BCUT2D eigenvalue weighted by molar-refractivity contribution is 9.10. The van der Waals surface area contributed by atoms with Gasteiger partial charge in [0.25, 0.3) is 0 Å². The first-order valence-corrected chi connectivity index (χ1v) is 9.93. The summed E-state index contributed by atoms with van der Waals surface area (Å²) in [5, 5.41) is 13.6. The first-order valence-electron chi connectivity index (χ1n) is 9.13. The lowest BCUT2D eigenvalue weighted by Crippen LogP contribution is -1.99. The molecule has 0 bridgehead atoms. The van der Waals surface area contributed by atoms with Crippen LogP contribution in [0.4, 0.5) is 15.8 Å². The van der Waals surface area contributed by atoms with Crippen LogP contribution < -0.4 is 14.8 Å². The number of anilines is 2. The van der Waals surface area contributed by atoms with Crippen molar-refractivity contribution in [1.29, 1.82) is 0 Å². The summed E-state index contributed by atoms with van der Waals surface area (Å²) >= 11 is 3.11. The van der Waals surface area contributed by atoms with Gasteiger partial charge < -0.3 is 19.9 Å². The summed E-state index contributed by atoms with van der Waals surface area (Å²) in [5.41, 5.74) is 2.46. The van der Waals surface area contributed by atoms with Crippen molar-refractivity contribution in [1.82, 2.24) is 4.98 Å². The predicted molar refractivity (Wildman–Crippen MR) is 125 cm³/mol. The molecule has 0 atom stereocenters. The van der Waals surface area contributed by atoms with E-state index in [1.807, 2.05) is 30.3 Å². The van der Waals surface area contributed by atoms with Crippen LogP contribution in [0.25, 0.3) is 10.9 Å². The van der Waals surface area contributed by atoms with Crippen LogP contribution >= 0.6 is 28.3 Å². The van der Waals surface area contributed by atoms with E-state index in [0.29, 0.717) is 29.3 Å². The van der Waals surface area contributed by atoms with Gasteiger partial charge >= 0.3 is 0 Å². The Morgan fingerprint density at radius 2 is 1.81 bits per heavy atom. The van der Waals surface area contributed by atoms with Crippen LogP contribution in [0.5, 0.6) is 17.2 Å². The lowest BCUT2D eigenvalue weighted by atomic mass is 10.1. The number of phenolic OH excluding ortho intramolecular Hbond substituents is 1. The fourth-order valence-corrected chi connectivity index (χ4v) is 3.36. The molecule has 0 aliphatic heterocycles. The number of ether oxygens (including phenoxy) is 2. The number of nitrogens with one attached hydrogen (secondary N) is 1. The van der Waals surface area contributed by atoms with Gasteiger partial charge in [0.15, 0.2) is 11.5 Å². The van der Waals surface area contributed by atoms with Crippen molar-refractivity contribution in [3.05, 3.63) is 82.7 Å². The average Bonchev–Trinajstić information content (AvgIpc) is 2.76. The van der Waals surface area contributed by atoms with E-state index in [4.69, 9.17) is 9.47 Å². The largest absolute Gasteiger partial charge is 0.507 e. The maximum atomic E-state index is 14.3. The maximum Gasteiger partial charge on any atom is 0.163 e. The third kappa shape index (κ3) is 5.00. The maximum absolute atomic E-state index is 14.3. The number of pyridine rings is 1. The Bertz CT molecular complexity index is 1210. The number of hydrogen-bond donors (Lipinski definition) is 2. The normalized spacial score (nSPS) is 10.4. The fraction of sp³-hybridized carbons (Fsp3) is 0.0870. The number of rotatable bonds is 6. The minimum absolute atomic E-state index is 0. The highest BCUT2D eigenvalue weighted by Gasteiger charge is 2.13. The molecule has 0 saturated heterocycles. The van der Waals surface area contributed by atoms with E-state index in [0.717, 1.165) is 10.9 Å². The van der Waals surface area contributed by atoms with E-state index in [9.17, 15) is 9.50 Å². The Kier molecular flexibility index (Phi) is 7.20. The number of aromatic nitrogens is 1. The molecule has 0 spiro atoms. The van der Waals surface area contributed by atoms with Crippen LogP contribution in [-0.2, 0) is 6.61 Å². The molecule has 2 N–H and O–H groups in total. The molecule has 0 aliphatic rings. The molecule has 0 radical (unpaired) electrons. The van der Waals surface area contributed by atoms with Gasteiger partial charge in [-0.1, -0.05) is 30.3 Å². The predicted octanol–water partition coefficient (Wildman–Crippen LogP) is 6.60. The molecule has 1 heterocycles. The van der Waals surface area contributed by atoms with Gasteiger partial charge in [0.1, 0.15) is 18.2 Å². The minimum Gasteiger partial charge on any atom is -0.507 e. The standard InChI is InChI=1S/C23H18BrFN2O3.ClH/c1-29-22-9-15-18(27-20-11-21(28)16(24)10-17(20)25)7-8-26-19(15)12-23(22)30-13-14-5-3-2-4-6-14;/h2-12,28H,13H2,1H3,(H,26,27);1H. The second kappa shape index (κ2) is 9.85. The molecule has 4 rings (SSSR count). The zero-order valence-corrected chi connectivity index (χ0v) is 18.8. The molecule has 0 fully saturated rings. The summed E-state index contributed by atoms with van der Waals surface area (Å²) < 4.78 is 26.1. The average molecular weight is 506 g/mol. The van der Waals surface area contributed by atoms with Gasteiger partial charge in [0, 0.05) is 29.4 Å². The van der Waals surface area contributed by atoms with Crippen molar-refractivity contribution in [3.8, 4) is 17.2 Å². The van der Waals surface area contributed by atoms with E-state index in [2.05, 4.69) is 26.2 Å². The van der Waals surface area contributed by atoms with Gasteiger partial charge in [0.05, 0.1) is 22.8 Å². The number of nitrogens with zero attached hydrogens (tertiary/aromatic N) is 1. The molecule has 4 aromatic rings. The fourth-order valence-electron chi connectivity index (χ4n) is 3.05. The zero-order chi connectivity index (χ0) is 21.1. The number of phenols is 1. The summed E-state index contributed by atoms with van der Waals surface area (Å²) in [5.74, 6) is 0.533. The number of fused-ring (bicyclic) bond motifs is 1. The Labute approximate surface area is 193 Å². The van der Waals surface area contributed by atoms with E-state index in [-0.39, 0.29) is 28.3 Å². The Morgan fingerprint density at radius 1 is 1.03 bits per heavy atom. The topological polar surface area (TPSA) is 63.6 Å². The van der Waals surface area contributed by atoms with Gasteiger partial charge in [0.2, 0.25) is 0 Å². The second-order valence-corrected chi connectivity index (χ2v) is 7.42. The van der Waals surface area contributed by atoms with Gasteiger partial charge in [-0.05, 0) is 39.7 Å². The van der Waals surface area contributed by atoms with E-state index in [1.165, 1.54) is 12.1 Å². The minimum atomic E-state index is -0.501. The SMILES string of the molecule is COc1cc2c(Nc3cc(O)c(Br)cc3F)ccnc2cc1OCc1ccccc1.Cl. The Morgan fingerprint density at radius 3 is 2.55 bits per heavy atom. The highest BCUT2D eigenvalue weighted by atomic mass is 79.9. The molecule has 160 valence electrons. The van der Waals surface area contributed by atoms with Gasteiger partial charge in [-0.15, -0.1) is 12.4 Å². The van der Waals surface area contributed by atoms with Gasteiger partial charge in [-0.2, -0.15) is 0 Å². The Hall–Kier alpha value is -3.03. The van der Waals surface area contributed by atoms with Crippen molar-refractivity contribution in [2.24, 2.45) is 0 Å². The molecule has 0 unspecified atom stereocenters. The van der Waals surface area contributed by atoms with Crippen molar-refractivity contribution in [3.63, 3.8) is 0 Å². The lowest BCUT2D eigenvalue weighted by molar-refractivity contribution is 0.285. The molecule has 0 saturated carbocycles. The van der Waals surface area contributed by atoms with Crippen molar-refractivity contribution in [2.45, 2.75) is 6.61 Å². The zero-order valence-electron chi connectivity index (χ0n) is 16.4. The van der Waals surface area contributed by atoms with Crippen LogP contribution in [0.3, 0.4) is 0 Å². The first-order chi connectivity index (χ1) is 14.5. The first kappa shape index (κ1) is 22.7. The summed E-state index contributed by atoms with van der Waals surface area (Å²) in [6.45, 7) is 0.393. The summed E-state index contributed by atoms with van der Waals surface area (Å²) in [4.78, 5) is 4.40. The van der Waals surface area contributed by atoms with Gasteiger partial charge in [-0.25, -0.2) is 4.39 Å². The van der Waals surface area contributed by atoms with Crippen molar-refractivity contribution in [2.75, 3.05) is 12.4 Å². The molecular formula is C23H19BrClFN2O3. The van der Waals surface area contributed by atoms with Crippen LogP contribution in [0.2, 0.25) is 0 Å². The number of aromatic hydroxyl groups is 1. The van der Waals surface area contributed by atoms with Crippen LogP contribution in [0.1, 0.15) is 5.56 Å². The molecular weight excluding hydrogens is 487 g/mol. The third-order valence-electron chi connectivity index (χ3n) is 4.57. The van der Waals surface area contributed by atoms with Gasteiger partial charge in [-0.3, -0.25) is 4.98 Å². The van der Waals surface area contributed by atoms with Crippen molar-refractivity contribution >= 4 is 50.6 Å². The van der Waals surface area contributed by atoms with E-state index in [1.54, 1.807) is 31.5 Å².